The van der Waals surface area contributed by atoms with Gasteiger partial charge in [-0.25, -0.2) is 0 Å². The van der Waals surface area contributed by atoms with Crippen molar-refractivity contribution in [3.8, 4) is 0 Å². The summed E-state index contributed by atoms with van der Waals surface area (Å²) in [5.74, 6) is 0.474. The van der Waals surface area contributed by atoms with Crippen LogP contribution < -0.4 is 5.32 Å². The second-order valence-electron chi connectivity index (χ2n) is 7.60. The molecule has 3 aliphatic heterocycles. The molecule has 5 rings (SSSR count). The number of H-pyrrole nitrogens is 1. The first kappa shape index (κ1) is 14.5. The van der Waals surface area contributed by atoms with Gasteiger partial charge in [0.15, 0.2) is 0 Å². The van der Waals surface area contributed by atoms with Crippen molar-refractivity contribution in [1.82, 2.24) is 15.2 Å². The van der Waals surface area contributed by atoms with Crippen molar-refractivity contribution >= 4 is 16.8 Å². The quantitative estimate of drug-likeness (QED) is 0.847. The maximum absolute atomic E-state index is 12.4. The summed E-state index contributed by atoms with van der Waals surface area (Å²) in [6.07, 6.45) is 6.89. The van der Waals surface area contributed by atoms with E-state index in [1.54, 1.807) is 0 Å². The number of aromatic amines is 1. The van der Waals surface area contributed by atoms with Crippen LogP contribution in [0.4, 0.5) is 0 Å². The lowest BCUT2D eigenvalue weighted by atomic mass is 9.80. The summed E-state index contributed by atoms with van der Waals surface area (Å²) >= 11 is 0. The van der Waals surface area contributed by atoms with E-state index in [1.807, 2.05) is 0 Å². The summed E-state index contributed by atoms with van der Waals surface area (Å²) < 4.78 is 0. The highest BCUT2D eigenvalue weighted by molar-refractivity contribution is 5.85. The van der Waals surface area contributed by atoms with E-state index in [9.17, 15) is 4.79 Å². The molecule has 1 aromatic heterocycles. The Hall–Kier alpha value is -1.81. The fourth-order valence-electron chi connectivity index (χ4n) is 5.33. The number of nitrogens with zero attached hydrogens (tertiary/aromatic N) is 1. The Bertz CT molecular complexity index is 780. The van der Waals surface area contributed by atoms with Crippen molar-refractivity contribution in [2.75, 3.05) is 13.1 Å². The molecule has 0 aliphatic carbocycles. The van der Waals surface area contributed by atoms with Crippen LogP contribution in [0.15, 0.2) is 24.3 Å². The predicted molar refractivity (Wildman–Crippen MR) is 94.8 cm³/mol. The van der Waals surface area contributed by atoms with Crippen LogP contribution in [0.5, 0.6) is 0 Å². The molecule has 1 aromatic carbocycles. The summed E-state index contributed by atoms with van der Waals surface area (Å²) in [6.45, 7) is 1.95. The summed E-state index contributed by atoms with van der Waals surface area (Å²) in [5.41, 5.74) is 4.20. The Morgan fingerprint density at radius 2 is 2.00 bits per heavy atom. The van der Waals surface area contributed by atoms with E-state index in [4.69, 9.17) is 0 Å². The maximum atomic E-state index is 12.4. The highest BCUT2D eigenvalue weighted by atomic mass is 16.2. The highest BCUT2D eigenvalue weighted by Gasteiger charge is 2.42. The van der Waals surface area contributed by atoms with Gasteiger partial charge in [-0.2, -0.15) is 0 Å². The molecule has 126 valence electrons. The van der Waals surface area contributed by atoms with E-state index in [0.717, 1.165) is 32.4 Å². The minimum Gasteiger partial charge on any atom is -0.357 e. The van der Waals surface area contributed by atoms with Gasteiger partial charge in [0.05, 0.1) is 12.0 Å². The topological polar surface area (TPSA) is 48.1 Å². The predicted octanol–water partition coefficient (Wildman–Crippen LogP) is 3.15. The van der Waals surface area contributed by atoms with Crippen molar-refractivity contribution in [3.05, 3.63) is 35.5 Å². The molecular formula is C20H25N3O. The number of amides is 1. The normalized spacial score (nSPS) is 30.7. The van der Waals surface area contributed by atoms with Gasteiger partial charge >= 0.3 is 0 Å². The fraction of sp³-hybridized carbons (Fsp3) is 0.550. The molecule has 24 heavy (non-hydrogen) atoms. The summed E-state index contributed by atoms with van der Waals surface area (Å²) in [4.78, 5) is 18.8. The van der Waals surface area contributed by atoms with Crippen molar-refractivity contribution in [2.45, 2.75) is 50.6 Å². The van der Waals surface area contributed by atoms with Gasteiger partial charge in [0, 0.05) is 35.7 Å². The molecule has 2 aromatic rings. The number of nitrogens with one attached hydrogen (secondary N) is 2. The molecule has 4 heteroatoms. The van der Waals surface area contributed by atoms with Crippen LogP contribution in [0.25, 0.3) is 10.9 Å². The maximum Gasteiger partial charge on any atom is 0.224 e. The van der Waals surface area contributed by atoms with Crippen LogP contribution in [0.3, 0.4) is 0 Å². The number of fused-ring (bicyclic) bond motifs is 5. The molecular weight excluding hydrogens is 298 g/mol. The first-order valence-electron chi connectivity index (χ1n) is 9.46. The van der Waals surface area contributed by atoms with E-state index < -0.39 is 0 Å². The van der Waals surface area contributed by atoms with E-state index in [0.29, 0.717) is 12.1 Å². The average molecular weight is 323 g/mol. The lowest BCUT2D eigenvalue weighted by Gasteiger charge is -2.48. The zero-order valence-corrected chi connectivity index (χ0v) is 14.1. The first-order valence-corrected chi connectivity index (χ1v) is 9.46. The number of aromatic nitrogens is 1. The lowest BCUT2D eigenvalue weighted by Crippen LogP contribution is -2.54. The number of para-hydroxylation sites is 1. The molecule has 1 amide bonds. The zero-order valence-electron chi connectivity index (χ0n) is 14.1. The van der Waals surface area contributed by atoms with Crippen molar-refractivity contribution in [3.63, 3.8) is 0 Å². The minimum absolute atomic E-state index is 0.187. The molecule has 0 unspecified atom stereocenters. The van der Waals surface area contributed by atoms with Crippen molar-refractivity contribution in [2.24, 2.45) is 5.92 Å². The number of rotatable bonds is 1. The Morgan fingerprint density at radius 3 is 2.92 bits per heavy atom. The Labute approximate surface area is 142 Å². The highest BCUT2D eigenvalue weighted by Crippen LogP contribution is 2.43. The number of piperidine rings is 2. The van der Waals surface area contributed by atoms with Crippen LogP contribution in [0.2, 0.25) is 0 Å². The van der Waals surface area contributed by atoms with Crippen LogP contribution >= 0.6 is 0 Å². The summed E-state index contributed by atoms with van der Waals surface area (Å²) in [5, 5.41) is 4.49. The average Bonchev–Trinajstić information content (AvgIpc) is 3.01. The van der Waals surface area contributed by atoms with Gasteiger partial charge in [-0.1, -0.05) is 18.2 Å². The standard InChI is InChI=1S/C20H25N3O/c24-20-15(6-4-11-21-20)17-8-3-9-18-19-14(10-12-23(17)18)13-5-1-2-7-16(13)22-19/h1-2,5,7,15,17-18,22H,3-4,6,8-12H2,(H,21,24)/t15-,17+,18-/m1/s1. The van der Waals surface area contributed by atoms with Crippen molar-refractivity contribution < 1.29 is 4.79 Å². The van der Waals surface area contributed by atoms with Gasteiger partial charge in [-0.05, 0) is 50.2 Å². The fourth-order valence-corrected chi connectivity index (χ4v) is 5.33. The number of hydrogen-bond acceptors (Lipinski definition) is 2. The van der Waals surface area contributed by atoms with Crippen LogP contribution in [-0.4, -0.2) is 34.9 Å². The summed E-state index contributed by atoms with van der Waals surface area (Å²) in [6, 6.07) is 9.57. The van der Waals surface area contributed by atoms with E-state index in [1.165, 1.54) is 41.4 Å². The second-order valence-corrected chi connectivity index (χ2v) is 7.60. The molecule has 3 aliphatic rings. The zero-order chi connectivity index (χ0) is 16.1. The SMILES string of the molecule is O=C1NCCC[C@@H]1[C@@H]1CCC[C@@H]2c3[nH]c4ccccc4c3CCN21. The third-order valence-corrected chi connectivity index (χ3v) is 6.40. The molecule has 4 heterocycles. The van der Waals surface area contributed by atoms with Gasteiger partial charge in [0.25, 0.3) is 0 Å². The Morgan fingerprint density at radius 1 is 1.08 bits per heavy atom. The molecule has 2 saturated heterocycles. The van der Waals surface area contributed by atoms with Gasteiger partial charge in [-0.15, -0.1) is 0 Å². The third kappa shape index (κ3) is 2.12. The largest absolute Gasteiger partial charge is 0.357 e. The van der Waals surface area contributed by atoms with Gasteiger partial charge in [0.1, 0.15) is 0 Å². The van der Waals surface area contributed by atoms with Crippen LogP contribution in [0, 0.1) is 5.92 Å². The molecule has 3 atom stereocenters. The van der Waals surface area contributed by atoms with Gasteiger partial charge in [0.2, 0.25) is 5.91 Å². The second kappa shape index (κ2) is 5.62. The van der Waals surface area contributed by atoms with Crippen LogP contribution in [-0.2, 0) is 11.2 Å². The number of carbonyl (C=O) groups excluding carboxylic acids is 1. The number of hydrogen-bond donors (Lipinski definition) is 2. The molecule has 4 nitrogen and oxygen atoms in total. The third-order valence-electron chi connectivity index (χ3n) is 6.40. The molecule has 2 fully saturated rings. The monoisotopic (exact) mass is 323 g/mol. The Kier molecular flexibility index (Phi) is 3.40. The van der Waals surface area contributed by atoms with Gasteiger partial charge in [-0.3, -0.25) is 9.69 Å². The smallest absolute Gasteiger partial charge is 0.224 e. The van der Waals surface area contributed by atoms with E-state index in [2.05, 4.69) is 39.5 Å². The first-order chi connectivity index (χ1) is 11.8. The molecule has 0 spiro atoms. The van der Waals surface area contributed by atoms with Crippen LogP contribution in [0.1, 0.15) is 49.4 Å². The minimum atomic E-state index is 0.187. The Balaban J connectivity index is 1.51. The summed E-state index contributed by atoms with van der Waals surface area (Å²) in [7, 11) is 0. The number of carbonyl (C=O) groups is 1. The van der Waals surface area contributed by atoms with E-state index >= 15 is 0 Å². The molecule has 0 bridgehead atoms. The molecule has 0 saturated carbocycles. The number of benzene rings is 1. The molecule has 0 radical (unpaired) electrons. The lowest BCUT2D eigenvalue weighted by molar-refractivity contribution is -0.130. The molecule has 2 N–H and O–H groups in total. The van der Waals surface area contributed by atoms with Crippen molar-refractivity contribution in [1.29, 1.82) is 0 Å². The van der Waals surface area contributed by atoms with E-state index in [-0.39, 0.29) is 11.8 Å². The van der Waals surface area contributed by atoms with Gasteiger partial charge < -0.3 is 10.3 Å².